The predicted octanol–water partition coefficient (Wildman–Crippen LogP) is 4.08. The van der Waals surface area contributed by atoms with Gasteiger partial charge in [0.05, 0.1) is 18.8 Å². The monoisotopic (exact) mass is 261 g/mol. The van der Waals surface area contributed by atoms with Crippen molar-refractivity contribution >= 4 is 0 Å². The summed E-state index contributed by atoms with van der Waals surface area (Å²) in [6, 6.07) is 11.0. The number of hydrogen-bond acceptors (Lipinski definition) is 2. The molecule has 19 heavy (non-hydrogen) atoms. The molecule has 1 fully saturated rings. The van der Waals surface area contributed by atoms with Crippen LogP contribution in [0.25, 0.3) is 0 Å². The van der Waals surface area contributed by atoms with Crippen LogP contribution in [0.1, 0.15) is 57.1 Å². The standard InChI is InChI=1S/C17H27NO/c1-2-13-18-17(15-9-5-3-6-10-15)14-19-16-11-7-4-8-12-16/h3,5-6,9-10,16-18H,2,4,7-8,11-14H2,1H3. The van der Waals surface area contributed by atoms with Crippen LogP contribution in [-0.4, -0.2) is 19.3 Å². The minimum Gasteiger partial charge on any atom is -0.376 e. The summed E-state index contributed by atoms with van der Waals surface area (Å²) in [6.07, 6.45) is 8.20. The smallest absolute Gasteiger partial charge is 0.0665 e. The Morgan fingerprint density at radius 2 is 1.89 bits per heavy atom. The summed E-state index contributed by atoms with van der Waals surface area (Å²) in [5.74, 6) is 0. The van der Waals surface area contributed by atoms with Crippen LogP contribution in [0.15, 0.2) is 30.3 Å². The van der Waals surface area contributed by atoms with Crippen LogP contribution in [-0.2, 0) is 4.74 Å². The summed E-state index contributed by atoms with van der Waals surface area (Å²) in [5.41, 5.74) is 1.34. The predicted molar refractivity (Wildman–Crippen MR) is 80.3 cm³/mol. The van der Waals surface area contributed by atoms with E-state index in [4.69, 9.17) is 4.74 Å². The van der Waals surface area contributed by atoms with E-state index in [0.29, 0.717) is 12.1 Å². The summed E-state index contributed by atoms with van der Waals surface area (Å²) >= 11 is 0. The highest BCUT2D eigenvalue weighted by Crippen LogP contribution is 2.22. The quantitative estimate of drug-likeness (QED) is 0.798. The highest BCUT2D eigenvalue weighted by molar-refractivity contribution is 5.18. The molecule has 1 unspecified atom stereocenters. The zero-order chi connectivity index (χ0) is 13.3. The summed E-state index contributed by atoms with van der Waals surface area (Å²) in [4.78, 5) is 0. The highest BCUT2D eigenvalue weighted by atomic mass is 16.5. The summed E-state index contributed by atoms with van der Waals surface area (Å²) in [5, 5.41) is 3.60. The van der Waals surface area contributed by atoms with E-state index in [9.17, 15) is 0 Å². The first-order valence-electron chi connectivity index (χ1n) is 7.80. The fraction of sp³-hybridized carbons (Fsp3) is 0.647. The number of nitrogens with one attached hydrogen (secondary N) is 1. The molecule has 0 saturated heterocycles. The van der Waals surface area contributed by atoms with Gasteiger partial charge in [0.15, 0.2) is 0 Å². The maximum Gasteiger partial charge on any atom is 0.0665 e. The van der Waals surface area contributed by atoms with Gasteiger partial charge in [0.1, 0.15) is 0 Å². The van der Waals surface area contributed by atoms with Gasteiger partial charge in [-0.25, -0.2) is 0 Å². The first-order valence-corrected chi connectivity index (χ1v) is 7.80. The molecule has 2 rings (SSSR count). The van der Waals surface area contributed by atoms with Gasteiger partial charge in [0.25, 0.3) is 0 Å². The van der Waals surface area contributed by atoms with E-state index in [0.717, 1.165) is 19.6 Å². The second-order valence-corrected chi connectivity index (χ2v) is 5.51. The van der Waals surface area contributed by atoms with Crippen molar-refractivity contribution in [2.75, 3.05) is 13.2 Å². The van der Waals surface area contributed by atoms with Gasteiger partial charge in [-0.15, -0.1) is 0 Å². The Bertz CT molecular complexity index is 332. The van der Waals surface area contributed by atoms with Crippen molar-refractivity contribution in [1.29, 1.82) is 0 Å². The van der Waals surface area contributed by atoms with Crippen LogP contribution in [0, 0.1) is 0 Å². The molecule has 2 heteroatoms. The van der Waals surface area contributed by atoms with Gasteiger partial charge in [0.2, 0.25) is 0 Å². The Morgan fingerprint density at radius 3 is 2.58 bits per heavy atom. The van der Waals surface area contributed by atoms with Crippen LogP contribution in [0.3, 0.4) is 0 Å². The lowest BCUT2D eigenvalue weighted by molar-refractivity contribution is 0.0156. The first kappa shape index (κ1) is 14.5. The van der Waals surface area contributed by atoms with E-state index >= 15 is 0 Å². The Kier molecular flexibility index (Phi) is 6.38. The molecule has 1 N–H and O–H groups in total. The first-order chi connectivity index (χ1) is 9.40. The van der Waals surface area contributed by atoms with E-state index in [2.05, 4.69) is 42.6 Å². The molecule has 1 saturated carbocycles. The van der Waals surface area contributed by atoms with Gasteiger partial charge in [-0.2, -0.15) is 0 Å². The summed E-state index contributed by atoms with van der Waals surface area (Å²) in [6.45, 7) is 4.05. The zero-order valence-electron chi connectivity index (χ0n) is 12.1. The Labute approximate surface area is 117 Å². The number of hydrogen-bond donors (Lipinski definition) is 1. The molecular formula is C17H27NO. The van der Waals surface area contributed by atoms with E-state index in [1.54, 1.807) is 0 Å². The van der Waals surface area contributed by atoms with Gasteiger partial charge in [0, 0.05) is 0 Å². The van der Waals surface area contributed by atoms with Crippen molar-refractivity contribution in [2.24, 2.45) is 0 Å². The Morgan fingerprint density at radius 1 is 1.16 bits per heavy atom. The number of rotatable bonds is 7. The topological polar surface area (TPSA) is 21.3 Å². The van der Waals surface area contributed by atoms with E-state index < -0.39 is 0 Å². The zero-order valence-corrected chi connectivity index (χ0v) is 12.1. The van der Waals surface area contributed by atoms with Gasteiger partial charge in [-0.3, -0.25) is 0 Å². The summed E-state index contributed by atoms with van der Waals surface area (Å²) in [7, 11) is 0. The normalized spacial score (nSPS) is 18.4. The largest absolute Gasteiger partial charge is 0.376 e. The molecule has 1 atom stereocenters. The molecule has 0 aliphatic heterocycles. The second-order valence-electron chi connectivity index (χ2n) is 5.51. The molecule has 0 bridgehead atoms. The van der Waals surface area contributed by atoms with E-state index in [1.807, 2.05) is 0 Å². The van der Waals surface area contributed by atoms with E-state index in [-0.39, 0.29) is 0 Å². The van der Waals surface area contributed by atoms with Crippen molar-refractivity contribution in [3.05, 3.63) is 35.9 Å². The minimum atomic E-state index is 0.336. The fourth-order valence-corrected chi connectivity index (χ4v) is 2.74. The van der Waals surface area contributed by atoms with Crippen LogP contribution in [0.5, 0.6) is 0 Å². The molecule has 1 aliphatic rings. The van der Waals surface area contributed by atoms with Crippen molar-refractivity contribution in [1.82, 2.24) is 5.32 Å². The van der Waals surface area contributed by atoms with Crippen LogP contribution >= 0.6 is 0 Å². The number of ether oxygens (including phenoxy) is 1. The lowest BCUT2D eigenvalue weighted by Gasteiger charge is -2.26. The van der Waals surface area contributed by atoms with Gasteiger partial charge < -0.3 is 10.1 Å². The molecule has 1 aromatic carbocycles. The van der Waals surface area contributed by atoms with Crippen molar-refractivity contribution in [2.45, 2.75) is 57.6 Å². The third-order valence-corrected chi connectivity index (χ3v) is 3.89. The molecule has 0 spiro atoms. The SMILES string of the molecule is CCCNC(COC1CCCCC1)c1ccccc1. The lowest BCUT2D eigenvalue weighted by atomic mass is 9.97. The van der Waals surface area contributed by atoms with Crippen molar-refractivity contribution < 1.29 is 4.74 Å². The molecule has 2 nitrogen and oxygen atoms in total. The van der Waals surface area contributed by atoms with Crippen molar-refractivity contribution in [3.63, 3.8) is 0 Å². The molecule has 1 aliphatic carbocycles. The fourth-order valence-electron chi connectivity index (χ4n) is 2.74. The molecule has 0 radical (unpaired) electrons. The number of benzene rings is 1. The van der Waals surface area contributed by atoms with Crippen LogP contribution in [0.4, 0.5) is 0 Å². The lowest BCUT2D eigenvalue weighted by Crippen LogP contribution is -2.29. The van der Waals surface area contributed by atoms with Gasteiger partial charge in [-0.05, 0) is 31.4 Å². The molecular weight excluding hydrogens is 234 g/mol. The third-order valence-electron chi connectivity index (χ3n) is 3.89. The average molecular weight is 261 g/mol. The van der Waals surface area contributed by atoms with Crippen LogP contribution < -0.4 is 5.32 Å². The third kappa shape index (κ3) is 4.96. The Hall–Kier alpha value is -0.860. The van der Waals surface area contributed by atoms with Crippen LogP contribution in [0.2, 0.25) is 0 Å². The Balaban J connectivity index is 1.86. The molecule has 1 aromatic rings. The van der Waals surface area contributed by atoms with Gasteiger partial charge in [-0.1, -0.05) is 56.5 Å². The molecule has 106 valence electrons. The average Bonchev–Trinajstić information content (AvgIpc) is 2.49. The minimum absolute atomic E-state index is 0.336. The molecule has 0 aromatic heterocycles. The molecule has 0 amide bonds. The van der Waals surface area contributed by atoms with Crippen molar-refractivity contribution in [3.8, 4) is 0 Å². The second kappa shape index (κ2) is 8.34. The maximum atomic E-state index is 6.13. The summed E-state index contributed by atoms with van der Waals surface area (Å²) < 4.78 is 6.13. The molecule has 0 heterocycles. The highest BCUT2D eigenvalue weighted by Gasteiger charge is 2.17. The van der Waals surface area contributed by atoms with E-state index in [1.165, 1.54) is 37.7 Å². The van der Waals surface area contributed by atoms with Gasteiger partial charge >= 0.3 is 0 Å². The maximum absolute atomic E-state index is 6.13.